The van der Waals surface area contributed by atoms with Crippen LogP contribution in [0.2, 0.25) is 0 Å². The predicted molar refractivity (Wildman–Crippen MR) is 77.3 cm³/mol. The van der Waals surface area contributed by atoms with Crippen LogP contribution in [0.4, 0.5) is 18.9 Å². The molecule has 1 fully saturated rings. The smallest absolute Gasteiger partial charge is 0.381 e. The molecule has 1 aromatic carbocycles. The van der Waals surface area contributed by atoms with E-state index < -0.39 is 12.1 Å². The van der Waals surface area contributed by atoms with Crippen LogP contribution in [0.1, 0.15) is 25.7 Å². The lowest BCUT2D eigenvalue weighted by molar-refractivity contribution is -0.182. The van der Waals surface area contributed by atoms with Gasteiger partial charge in [0.2, 0.25) is 0 Å². The van der Waals surface area contributed by atoms with Gasteiger partial charge in [-0.2, -0.15) is 13.2 Å². The van der Waals surface area contributed by atoms with Crippen molar-refractivity contribution >= 4 is 37.5 Å². The largest absolute Gasteiger partial charge is 0.391 e. The van der Waals surface area contributed by atoms with Crippen LogP contribution in [0.5, 0.6) is 0 Å². The van der Waals surface area contributed by atoms with Gasteiger partial charge in [0.1, 0.15) is 0 Å². The van der Waals surface area contributed by atoms with Gasteiger partial charge in [-0.15, -0.1) is 0 Å². The van der Waals surface area contributed by atoms with Gasteiger partial charge in [0, 0.05) is 20.7 Å². The van der Waals surface area contributed by atoms with Crippen molar-refractivity contribution in [2.24, 2.45) is 5.92 Å². The molecule has 0 aromatic heterocycles. The topological polar surface area (TPSA) is 12.0 Å². The first-order chi connectivity index (χ1) is 8.86. The first kappa shape index (κ1) is 15.2. The van der Waals surface area contributed by atoms with Crippen molar-refractivity contribution in [3.63, 3.8) is 0 Å². The van der Waals surface area contributed by atoms with Crippen molar-refractivity contribution in [1.29, 1.82) is 0 Å². The van der Waals surface area contributed by atoms with Gasteiger partial charge in [-0.05, 0) is 59.8 Å². The molecule has 0 unspecified atom stereocenters. The summed E-state index contributed by atoms with van der Waals surface area (Å²) in [6, 6.07) is 5.87. The zero-order valence-corrected chi connectivity index (χ0v) is 13.3. The summed E-state index contributed by atoms with van der Waals surface area (Å²) in [6.07, 6.45) is -2.48. The molecule has 0 atom stereocenters. The van der Waals surface area contributed by atoms with E-state index in [4.69, 9.17) is 0 Å². The third kappa shape index (κ3) is 4.12. The van der Waals surface area contributed by atoms with Crippen molar-refractivity contribution in [3.05, 3.63) is 27.1 Å². The Morgan fingerprint density at radius 3 is 2.21 bits per heavy atom. The number of alkyl halides is 3. The Morgan fingerprint density at radius 1 is 1.05 bits per heavy atom. The van der Waals surface area contributed by atoms with Gasteiger partial charge < -0.3 is 5.32 Å². The van der Waals surface area contributed by atoms with Crippen LogP contribution < -0.4 is 5.32 Å². The molecule has 2 rings (SSSR count). The van der Waals surface area contributed by atoms with Gasteiger partial charge in [-0.1, -0.05) is 15.9 Å². The fraction of sp³-hybridized carbons (Fsp3) is 0.538. The maximum absolute atomic E-state index is 12.6. The van der Waals surface area contributed by atoms with Gasteiger partial charge in [-0.3, -0.25) is 0 Å². The van der Waals surface area contributed by atoms with Gasteiger partial charge >= 0.3 is 6.18 Å². The van der Waals surface area contributed by atoms with Crippen LogP contribution in [-0.2, 0) is 0 Å². The van der Waals surface area contributed by atoms with Crippen molar-refractivity contribution in [2.45, 2.75) is 37.9 Å². The van der Waals surface area contributed by atoms with Crippen molar-refractivity contribution in [2.75, 3.05) is 5.32 Å². The van der Waals surface area contributed by atoms with Crippen LogP contribution in [0.25, 0.3) is 0 Å². The molecule has 0 radical (unpaired) electrons. The SMILES string of the molecule is FC(F)(F)C1CCC(Nc2ccc(Br)cc2Br)CC1. The molecule has 6 heteroatoms. The number of anilines is 1. The van der Waals surface area contributed by atoms with Crippen LogP contribution in [0.3, 0.4) is 0 Å². The van der Waals surface area contributed by atoms with E-state index in [9.17, 15) is 13.2 Å². The minimum atomic E-state index is -4.04. The Labute approximate surface area is 127 Å². The molecule has 1 saturated carbocycles. The molecule has 1 N–H and O–H groups in total. The lowest BCUT2D eigenvalue weighted by Crippen LogP contribution is -2.32. The van der Waals surface area contributed by atoms with Crippen molar-refractivity contribution in [3.8, 4) is 0 Å². The summed E-state index contributed by atoms with van der Waals surface area (Å²) >= 11 is 6.81. The Balaban J connectivity index is 1.92. The molecule has 0 heterocycles. The van der Waals surface area contributed by atoms with Crippen molar-refractivity contribution in [1.82, 2.24) is 0 Å². The maximum atomic E-state index is 12.6. The first-order valence-corrected chi connectivity index (χ1v) is 7.73. The zero-order chi connectivity index (χ0) is 14.0. The monoisotopic (exact) mass is 399 g/mol. The van der Waals surface area contributed by atoms with Crippen LogP contribution in [0, 0.1) is 5.92 Å². The molecule has 1 aliphatic carbocycles. The Bertz CT molecular complexity index is 440. The lowest BCUT2D eigenvalue weighted by Gasteiger charge is -2.31. The van der Waals surface area contributed by atoms with E-state index in [0.717, 1.165) is 14.6 Å². The quantitative estimate of drug-likeness (QED) is 0.666. The van der Waals surface area contributed by atoms with E-state index in [-0.39, 0.29) is 18.9 Å². The van der Waals surface area contributed by atoms with Gasteiger partial charge in [0.05, 0.1) is 5.92 Å². The summed E-state index contributed by atoms with van der Waals surface area (Å²) in [4.78, 5) is 0. The lowest BCUT2D eigenvalue weighted by atomic mass is 9.85. The van der Waals surface area contributed by atoms with Crippen molar-refractivity contribution < 1.29 is 13.2 Å². The average Bonchev–Trinajstić information content (AvgIpc) is 2.32. The second kappa shape index (κ2) is 6.04. The summed E-state index contributed by atoms with van der Waals surface area (Å²) < 4.78 is 39.6. The second-order valence-corrected chi connectivity index (χ2v) is 6.63. The molecule has 1 nitrogen and oxygen atoms in total. The van der Waals surface area contributed by atoms with Crippen LogP contribution in [0.15, 0.2) is 27.1 Å². The minimum Gasteiger partial charge on any atom is -0.381 e. The number of benzene rings is 1. The van der Waals surface area contributed by atoms with Gasteiger partial charge in [-0.25, -0.2) is 0 Å². The molecule has 19 heavy (non-hydrogen) atoms. The molecule has 0 bridgehead atoms. The zero-order valence-electron chi connectivity index (χ0n) is 10.1. The van der Waals surface area contributed by atoms with Crippen LogP contribution in [-0.4, -0.2) is 12.2 Å². The highest BCUT2D eigenvalue weighted by Gasteiger charge is 2.41. The molecular weight excluding hydrogens is 387 g/mol. The number of hydrogen-bond donors (Lipinski definition) is 1. The molecule has 0 amide bonds. The number of nitrogens with one attached hydrogen (secondary N) is 1. The normalized spacial score (nSPS) is 24.3. The van der Waals surface area contributed by atoms with Crippen LogP contribution >= 0.6 is 31.9 Å². The molecule has 0 spiro atoms. The predicted octanol–water partition coefficient (Wildman–Crippen LogP) is 5.74. The fourth-order valence-corrected chi connectivity index (χ4v) is 3.55. The molecule has 1 aromatic rings. The summed E-state index contributed by atoms with van der Waals surface area (Å²) in [6.45, 7) is 0. The highest BCUT2D eigenvalue weighted by Crippen LogP contribution is 2.38. The van der Waals surface area contributed by atoms with E-state index in [1.54, 1.807) is 0 Å². The Kier molecular flexibility index (Phi) is 4.82. The molecule has 0 aliphatic heterocycles. The Hall–Kier alpha value is -0.230. The summed E-state index contributed by atoms with van der Waals surface area (Å²) in [5, 5.41) is 3.31. The van der Waals surface area contributed by atoms with E-state index in [2.05, 4.69) is 37.2 Å². The minimum absolute atomic E-state index is 0.121. The van der Waals surface area contributed by atoms with E-state index in [1.807, 2.05) is 18.2 Å². The average molecular weight is 401 g/mol. The Morgan fingerprint density at radius 2 is 1.68 bits per heavy atom. The standard InChI is InChI=1S/C13H14Br2F3N/c14-9-3-6-12(11(15)7-9)19-10-4-1-8(2-5-10)13(16,17)18/h3,6-8,10,19H,1-2,4-5H2. The highest BCUT2D eigenvalue weighted by molar-refractivity contribution is 9.11. The third-order valence-corrected chi connectivity index (χ3v) is 4.63. The highest BCUT2D eigenvalue weighted by atomic mass is 79.9. The molecule has 1 aliphatic rings. The van der Waals surface area contributed by atoms with Gasteiger partial charge in [0.15, 0.2) is 0 Å². The summed E-state index contributed by atoms with van der Waals surface area (Å²) in [7, 11) is 0. The number of rotatable bonds is 2. The fourth-order valence-electron chi connectivity index (χ4n) is 2.39. The third-order valence-electron chi connectivity index (χ3n) is 3.48. The van der Waals surface area contributed by atoms with E-state index in [0.29, 0.717) is 12.8 Å². The maximum Gasteiger partial charge on any atom is 0.391 e. The van der Waals surface area contributed by atoms with E-state index in [1.165, 1.54) is 0 Å². The summed E-state index contributed by atoms with van der Waals surface area (Å²) in [5.74, 6) is -1.13. The number of hydrogen-bond acceptors (Lipinski definition) is 1. The van der Waals surface area contributed by atoms with Gasteiger partial charge in [0.25, 0.3) is 0 Å². The molecule has 106 valence electrons. The second-order valence-electron chi connectivity index (χ2n) is 4.86. The number of halogens is 5. The summed E-state index contributed by atoms with van der Waals surface area (Å²) in [5.41, 5.74) is 0.929. The van der Waals surface area contributed by atoms with E-state index >= 15 is 0 Å². The first-order valence-electron chi connectivity index (χ1n) is 6.14. The molecule has 0 saturated heterocycles. The molecular formula is C13H14Br2F3N.